The van der Waals surface area contributed by atoms with Gasteiger partial charge in [0.05, 0.1) is 0 Å². The fourth-order valence-corrected chi connectivity index (χ4v) is 3.19. The van der Waals surface area contributed by atoms with Gasteiger partial charge in [0.2, 0.25) is 0 Å². The van der Waals surface area contributed by atoms with Crippen LogP contribution in [-0.4, -0.2) is 10.5 Å². The van der Waals surface area contributed by atoms with E-state index < -0.39 is 0 Å². The molecule has 1 fully saturated rings. The van der Waals surface area contributed by atoms with Crippen molar-refractivity contribution in [3.05, 3.63) is 66.0 Å². The Bertz CT molecular complexity index is 534. The summed E-state index contributed by atoms with van der Waals surface area (Å²) in [5.41, 5.74) is 2.88. The zero-order valence-corrected chi connectivity index (χ0v) is 11.5. The van der Waals surface area contributed by atoms with Crippen LogP contribution in [0.3, 0.4) is 0 Å². The minimum atomic E-state index is 0.120. The molecule has 2 heterocycles. The highest BCUT2D eigenvalue weighted by atomic mass is 15.0. The number of nitrogens with one attached hydrogen (secondary N) is 1. The first-order valence-electron chi connectivity index (χ1n) is 6.89. The average Bonchev–Trinajstić information content (AvgIpc) is 2.77. The molecule has 2 unspecified atom stereocenters. The molecule has 0 aliphatic carbocycles. The van der Waals surface area contributed by atoms with Crippen LogP contribution in [0.1, 0.15) is 43.4 Å². The molecule has 0 amide bonds. The maximum atomic E-state index is 4.10. The Morgan fingerprint density at radius 2 is 1.68 bits per heavy atom. The summed E-state index contributed by atoms with van der Waals surface area (Å²) in [5.74, 6) is 0.548. The summed E-state index contributed by atoms with van der Waals surface area (Å²) in [6.07, 6.45) is 4.89. The van der Waals surface area contributed by atoms with Gasteiger partial charge in [-0.15, -0.1) is 0 Å². The van der Waals surface area contributed by atoms with Crippen LogP contribution in [0.5, 0.6) is 0 Å². The van der Waals surface area contributed by atoms with E-state index in [1.165, 1.54) is 11.1 Å². The molecule has 1 aromatic carbocycles. The first-order chi connectivity index (χ1) is 9.17. The number of rotatable bonds is 2. The van der Waals surface area contributed by atoms with Gasteiger partial charge in [-0.1, -0.05) is 30.3 Å². The maximum absolute atomic E-state index is 4.10. The van der Waals surface area contributed by atoms with E-state index in [0.717, 1.165) is 6.42 Å². The van der Waals surface area contributed by atoms with E-state index in [4.69, 9.17) is 0 Å². The van der Waals surface area contributed by atoms with Gasteiger partial charge >= 0.3 is 0 Å². The number of pyridine rings is 1. The molecule has 98 valence electrons. The van der Waals surface area contributed by atoms with Gasteiger partial charge in [0.15, 0.2) is 0 Å². The lowest BCUT2D eigenvalue weighted by Gasteiger charge is -2.27. The van der Waals surface area contributed by atoms with Crippen molar-refractivity contribution in [2.45, 2.75) is 37.8 Å². The van der Waals surface area contributed by atoms with E-state index in [0.29, 0.717) is 12.0 Å². The largest absolute Gasteiger partial charge is 0.304 e. The van der Waals surface area contributed by atoms with Crippen molar-refractivity contribution >= 4 is 0 Å². The minimum Gasteiger partial charge on any atom is -0.304 e. The summed E-state index contributed by atoms with van der Waals surface area (Å²) in [7, 11) is 0. The van der Waals surface area contributed by atoms with Gasteiger partial charge in [-0.05, 0) is 43.5 Å². The van der Waals surface area contributed by atoms with Crippen molar-refractivity contribution in [1.29, 1.82) is 0 Å². The zero-order valence-electron chi connectivity index (χ0n) is 11.5. The molecule has 0 bridgehead atoms. The molecule has 0 saturated carbocycles. The van der Waals surface area contributed by atoms with E-state index >= 15 is 0 Å². The lowest BCUT2D eigenvalue weighted by atomic mass is 9.82. The van der Waals surface area contributed by atoms with Gasteiger partial charge < -0.3 is 5.32 Å². The Morgan fingerprint density at radius 3 is 2.37 bits per heavy atom. The van der Waals surface area contributed by atoms with Gasteiger partial charge in [0.25, 0.3) is 0 Å². The fraction of sp³-hybridized carbons (Fsp3) is 0.353. The predicted molar refractivity (Wildman–Crippen MR) is 78.0 cm³/mol. The standard InChI is InChI=1S/C17H20N2/c1-17(2)15(13-6-4-3-5-7-13)12-16(19-17)14-8-10-18-11-9-14/h3-11,15-16,19H,12H2,1-2H3. The summed E-state index contributed by atoms with van der Waals surface area (Å²) in [5, 5.41) is 3.77. The quantitative estimate of drug-likeness (QED) is 0.882. The second kappa shape index (κ2) is 4.78. The molecule has 1 saturated heterocycles. The molecular formula is C17H20N2. The summed E-state index contributed by atoms with van der Waals surface area (Å²) < 4.78 is 0. The molecule has 2 heteroatoms. The van der Waals surface area contributed by atoms with Crippen LogP contribution in [0.25, 0.3) is 0 Å². The van der Waals surface area contributed by atoms with E-state index in [9.17, 15) is 0 Å². The first kappa shape index (κ1) is 12.4. The SMILES string of the molecule is CC1(C)NC(c2ccncc2)CC1c1ccccc1. The highest BCUT2D eigenvalue weighted by Crippen LogP contribution is 2.43. The molecule has 3 rings (SSSR count). The Labute approximate surface area is 114 Å². The normalized spacial score (nSPS) is 25.4. The fourth-order valence-electron chi connectivity index (χ4n) is 3.19. The van der Waals surface area contributed by atoms with E-state index in [1.54, 1.807) is 0 Å². The summed E-state index contributed by atoms with van der Waals surface area (Å²) in [4.78, 5) is 4.10. The van der Waals surface area contributed by atoms with Crippen LogP contribution in [0.4, 0.5) is 0 Å². The number of benzene rings is 1. The van der Waals surface area contributed by atoms with Crippen LogP contribution in [-0.2, 0) is 0 Å². The molecule has 2 nitrogen and oxygen atoms in total. The molecule has 1 aliphatic rings. The smallest absolute Gasteiger partial charge is 0.0332 e. The number of nitrogens with zero attached hydrogens (tertiary/aromatic N) is 1. The van der Waals surface area contributed by atoms with E-state index in [2.05, 4.69) is 66.6 Å². The highest BCUT2D eigenvalue weighted by molar-refractivity contribution is 5.29. The summed E-state index contributed by atoms with van der Waals surface area (Å²) >= 11 is 0. The molecule has 19 heavy (non-hydrogen) atoms. The lowest BCUT2D eigenvalue weighted by molar-refractivity contribution is 0.397. The number of hydrogen-bond donors (Lipinski definition) is 1. The Morgan fingerprint density at radius 1 is 1.00 bits per heavy atom. The summed E-state index contributed by atoms with van der Waals surface area (Å²) in [6.45, 7) is 4.59. The third-order valence-corrected chi connectivity index (χ3v) is 4.20. The summed E-state index contributed by atoms with van der Waals surface area (Å²) in [6, 6.07) is 15.5. The van der Waals surface area contributed by atoms with Crippen LogP contribution in [0.15, 0.2) is 54.9 Å². The van der Waals surface area contributed by atoms with Crippen LogP contribution in [0, 0.1) is 0 Å². The van der Waals surface area contributed by atoms with Crippen molar-refractivity contribution in [3.63, 3.8) is 0 Å². The molecule has 1 N–H and O–H groups in total. The first-order valence-corrected chi connectivity index (χ1v) is 6.89. The Hall–Kier alpha value is -1.67. The van der Waals surface area contributed by atoms with Crippen LogP contribution < -0.4 is 5.32 Å². The molecule has 2 atom stereocenters. The van der Waals surface area contributed by atoms with Gasteiger partial charge in [-0.25, -0.2) is 0 Å². The molecule has 1 aromatic heterocycles. The van der Waals surface area contributed by atoms with Crippen molar-refractivity contribution in [2.24, 2.45) is 0 Å². The number of aromatic nitrogens is 1. The molecule has 0 spiro atoms. The molecular weight excluding hydrogens is 232 g/mol. The van der Waals surface area contributed by atoms with Crippen molar-refractivity contribution in [2.75, 3.05) is 0 Å². The topological polar surface area (TPSA) is 24.9 Å². The van der Waals surface area contributed by atoms with Gasteiger partial charge in [-0.2, -0.15) is 0 Å². The van der Waals surface area contributed by atoms with Crippen LogP contribution >= 0.6 is 0 Å². The monoisotopic (exact) mass is 252 g/mol. The predicted octanol–water partition coefficient (Wildman–Crippen LogP) is 3.68. The minimum absolute atomic E-state index is 0.120. The third-order valence-electron chi connectivity index (χ3n) is 4.20. The molecule has 0 radical (unpaired) electrons. The second-order valence-corrected chi connectivity index (χ2v) is 5.90. The molecule has 1 aliphatic heterocycles. The van der Waals surface area contributed by atoms with Crippen molar-refractivity contribution < 1.29 is 0 Å². The second-order valence-electron chi connectivity index (χ2n) is 5.90. The van der Waals surface area contributed by atoms with Gasteiger partial charge in [0.1, 0.15) is 0 Å². The lowest BCUT2D eigenvalue weighted by Crippen LogP contribution is -2.37. The average molecular weight is 252 g/mol. The zero-order chi connectivity index (χ0) is 13.3. The van der Waals surface area contributed by atoms with Crippen molar-refractivity contribution in [1.82, 2.24) is 10.3 Å². The maximum Gasteiger partial charge on any atom is 0.0332 e. The highest BCUT2D eigenvalue weighted by Gasteiger charge is 2.40. The Balaban J connectivity index is 1.88. The molecule has 2 aromatic rings. The van der Waals surface area contributed by atoms with Crippen LogP contribution in [0.2, 0.25) is 0 Å². The van der Waals surface area contributed by atoms with Gasteiger partial charge in [0, 0.05) is 29.9 Å². The van der Waals surface area contributed by atoms with E-state index in [1.807, 2.05) is 12.4 Å². The van der Waals surface area contributed by atoms with E-state index in [-0.39, 0.29) is 5.54 Å². The van der Waals surface area contributed by atoms with Gasteiger partial charge in [-0.3, -0.25) is 4.98 Å². The Kier molecular flexibility index (Phi) is 3.11. The number of hydrogen-bond acceptors (Lipinski definition) is 2. The van der Waals surface area contributed by atoms with Crippen molar-refractivity contribution in [3.8, 4) is 0 Å². The third kappa shape index (κ3) is 2.41.